The smallest absolute Gasteiger partial charge is 0.282 e. The molecule has 0 bridgehead atoms. The molecule has 0 saturated heterocycles. The third-order valence-electron chi connectivity index (χ3n) is 4.43. The lowest BCUT2D eigenvalue weighted by atomic mass is 10.1. The van der Waals surface area contributed by atoms with Crippen LogP contribution in [-0.2, 0) is 6.54 Å². The molecule has 0 aliphatic carbocycles. The van der Waals surface area contributed by atoms with Crippen molar-refractivity contribution in [2.24, 2.45) is 0 Å². The fourth-order valence-corrected chi connectivity index (χ4v) is 3.14. The van der Waals surface area contributed by atoms with Gasteiger partial charge in [-0.15, -0.1) is 0 Å². The van der Waals surface area contributed by atoms with E-state index in [1.165, 1.54) is 25.3 Å². The molecule has 1 aliphatic rings. The van der Waals surface area contributed by atoms with Gasteiger partial charge in [0.2, 0.25) is 0 Å². The molecule has 28 heavy (non-hydrogen) atoms. The second-order valence-electron chi connectivity index (χ2n) is 6.03. The highest BCUT2D eigenvalue weighted by atomic mass is 16.6. The van der Waals surface area contributed by atoms with Crippen LogP contribution in [0.5, 0.6) is 5.75 Å². The summed E-state index contributed by atoms with van der Waals surface area (Å²) >= 11 is 0. The van der Waals surface area contributed by atoms with E-state index in [2.05, 4.69) is 5.16 Å². The number of amides is 2. The Hall–Kier alpha value is -4.01. The van der Waals surface area contributed by atoms with Crippen molar-refractivity contribution in [3.05, 3.63) is 75.5 Å². The molecule has 0 saturated carbocycles. The van der Waals surface area contributed by atoms with Gasteiger partial charge in [-0.1, -0.05) is 23.4 Å². The molecule has 2 heterocycles. The Morgan fingerprint density at radius 1 is 1.11 bits per heavy atom. The highest BCUT2D eigenvalue weighted by molar-refractivity contribution is 6.23. The van der Waals surface area contributed by atoms with Crippen LogP contribution in [-0.4, -0.2) is 33.9 Å². The van der Waals surface area contributed by atoms with Gasteiger partial charge in [0.05, 0.1) is 24.1 Å². The van der Waals surface area contributed by atoms with Gasteiger partial charge in [0.1, 0.15) is 17.0 Å². The van der Waals surface area contributed by atoms with E-state index in [1.807, 2.05) is 12.1 Å². The number of nitro benzene ring substituents is 1. The Labute approximate surface area is 158 Å². The van der Waals surface area contributed by atoms with Crippen LogP contribution in [0.25, 0.3) is 11.3 Å². The van der Waals surface area contributed by atoms with Crippen molar-refractivity contribution >= 4 is 17.5 Å². The second kappa shape index (κ2) is 6.62. The van der Waals surface area contributed by atoms with Gasteiger partial charge in [-0.2, -0.15) is 0 Å². The summed E-state index contributed by atoms with van der Waals surface area (Å²) in [6.45, 7) is -0.189. The van der Waals surface area contributed by atoms with E-state index in [1.54, 1.807) is 18.2 Å². The number of carbonyl (C=O) groups is 2. The highest BCUT2D eigenvalue weighted by Crippen LogP contribution is 2.33. The van der Waals surface area contributed by atoms with Gasteiger partial charge < -0.3 is 9.26 Å². The molecule has 3 aromatic rings. The number of para-hydroxylation sites is 1. The molecular weight excluding hydrogens is 366 g/mol. The van der Waals surface area contributed by atoms with E-state index in [-0.39, 0.29) is 23.4 Å². The molecule has 2 aromatic carbocycles. The van der Waals surface area contributed by atoms with Crippen LogP contribution in [0.4, 0.5) is 5.69 Å². The van der Waals surface area contributed by atoms with Crippen LogP contribution in [0.3, 0.4) is 0 Å². The lowest BCUT2D eigenvalue weighted by Crippen LogP contribution is -2.29. The number of rotatable bonds is 5. The predicted octanol–water partition coefficient (Wildman–Crippen LogP) is 3.05. The first-order valence-corrected chi connectivity index (χ1v) is 8.24. The Bertz CT molecular complexity index is 1120. The van der Waals surface area contributed by atoms with Gasteiger partial charge in [-0.05, 0) is 18.2 Å². The van der Waals surface area contributed by atoms with Crippen molar-refractivity contribution in [1.82, 2.24) is 10.1 Å². The highest BCUT2D eigenvalue weighted by Gasteiger charge is 2.41. The summed E-state index contributed by atoms with van der Waals surface area (Å²) < 4.78 is 10.6. The Morgan fingerprint density at radius 3 is 2.61 bits per heavy atom. The first kappa shape index (κ1) is 17.4. The molecule has 9 heteroatoms. The van der Waals surface area contributed by atoms with E-state index in [4.69, 9.17) is 9.26 Å². The number of methoxy groups -OCH3 is 1. The number of nitrogens with zero attached hydrogens (tertiary/aromatic N) is 3. The summed E-state index contributed by atoms with van der Waals surface area (Å²) in [6, 6.07) is 12.8. The van der Waals surface area contributed by atoms with Crippen LogP contribution in [0.2, 0.25) is 0 Å². The van der Waals surface area contributed by atoms with Gasteiger partial charge in [0, 0.05) is 17.7 Å². The average Bonchev–Trinajstić information content (AvgIpc) is 3.27. The second-order valence-corrected chi connectivity index (χ2v) is 6.03. The SMILES string of the molecule is COc1ccccc1-c1cc(CN2C(=O)c3cccc([N+](=O)[O-])c3C2=O)on1. The molecule has 2 amide bonds. The Balaban J connectivity index is 1.64. The monoisotopic (exact) mass is 379 g/mol. The summed E-state index contributed by atoms with van der Waals surface area (Å²) in [5, 5.41) is 15.2. The minimum Gasteiger partial charge on any atom is -0.496 e. The molecule has 9 nitrogen and oxygen atoms in total. The van der Waals surface area contributed by atoms with Crippen molar-refractivity contribution in [2.45, 2.75) is 6.54 Å². The largest absolute Gasteiger partial charge is 0.496 e. The number of hydrogen-bond donors (Lipinski definition) is 0. The van der Waals surface area contributed by atoms with E-state index in [0.717, 1.165) is 4.90 Å². The van der Waals surface area contributed by atoms with Gasteiger partial charge in [-0.25, -0.2) is 0 Å². The zero-order valence-electron chi connectivity index (χ0n) is 14.6. The third-order valence-corrected chi connectivity index (χ3v) is 4.43. The van der Waals surface area contributed by atoms with E-state index < -0.39 is 22.4 Å². The van der Waals surface area contributed by atoms with Gasteiger partial charge in [-0.3, -0.25) is 24.6 Å². The Kier molecular flexibility index (Phi) is 4.11. The molecule has 0 atom stereocenters. The zero-order chi connectivity index (χ0) is 19.8. The summed E-state index contributed by atoms with van der Waals surface area (Å²) in [6.07, 6.45) is 0. The lowest BCUT2D eigenvalue weighted by Gasteiger charge is -2.10. The van der Waals surface area contributed by atoms with Gasteiger partial charge in [0.25, 0.3) is 17.5 Å². The minimum absolute atomic E-state index is 0.00340. The quantitative estimate of drug-likeness (QED) is 0.380. The predicted molar refractivity (Wildman–Crippen MR) is 95.8 cm³/mol. The molecular formula is C19H13N3O6. The van der Waals surface area contributed by atoms with Crippen LogP contribution in [0.1, 0.15) is 26.5 Å². The number of carbonyl (C=O) groups excluding carboxylic acids is 2. The standard InChI is InChI=1S/C19H13N3O6/c1-27-16-8-3-2-5-12(16)14-9-11(28-20-14)10-21-18(23)13-6-4-7-15(22(25)26)17(13)19(21)24/h2-9H,10H2,1H3. The van der Waals surface area contributed by atoms with Crippen molar-refractivity contribution in [3.8, 4) is 17.0 Å². The van der Waals surface area contributed by atoms with Crippen molar-refractivity contribution in [1.29, 1.82) is 0 Å². The molecule has 0 spiro atoms. The maximum absolute atomic E-state index is 12.6. The molecule has 1 aromatic heterocycles. The van der Waals surface area contributed by atoms with Crippen LogP contribution < -0.4 is 4.74 Å². The first-order chi connectivity index (χ1) is 13.5. The summed E-state index contributed by atoms with van der Waals surface area (Å²) in [5.41, 5.74) is 0.573. The van der Waals surface area contributed by atoms with Crippen LogP contribution >= 0.6 is 0 Å². The van der Waals surface area contributed by atoms with E-state index >= 15 is 0 Å². The number of nitro groups is 1. The first-order valence-electron chi connectivity index (χ1n) is 8.24. The number of aromatic nitrogens is 1. The average molecular weight is 379 g/mol. The fraction of sp³-hybridized carbons (Fsp3) is 0.105. The maximum atomic E-state index is 12.6. The summed E-state index contributed by atoms with van der Waals surface area (Å²) in [7, 11) is 1.53. The normalized spacial score (nSPS) is 13.0. The number of benzene rings is 2. The number of fused-ring (bicyclic) bond motifs is 1. The maximum Gasteiger partial charge on any atom is 0.282 e. The molecule has 4 rings (SSSR count). The van der Waals surface area contributed by atoms with E-state index in [0.29, 0.717) is 17.0 Å². The van der Waals surface area contributed by atoms with Crippen LogP contribution in [0, 0.1) is 10.1 Å². The minimum atomic E-state index is -0.734. The zero-order valence-corrected chi connectivity index (χ0v) is 14.6. The number of hydrogen-bond acceptors (Lipinski definition) is 7. The topological polar surface area (TPSA) is 116 Å². The van der Waals surface area contributed by atoms with Crippen molar-refractivity contribution in [2.75, 3.05) is 7.11 Å². The molecule has 1 aliphatic heterocycles. The van der Waals surface area contributed by atoms with E-state index in [9.17, 15) is 19.7 Å². The molecule has 0 radical (unpaired) electrons. The van der Waals surface area contributed by atoms with Gasteiger partial charge in [0.15, 0.2) is 5.76 Å². The fourth-order valence-electron chi connectivity index (χ4n) is 3.14. The third kappa shape index (κ3) is 2.69. The summed E-state index contributed by atoms with van der Waals surface area (Å²) in [4.78, 5) is 36.6. The molecule has 140 valence electrons. The van der Waals surface area contributed by atoms with Gasteiger partial charge >= 0.3 is 0 Å². The number of ether oxygens (including phenoxy) is 1. The van der Waals surface area contributed by atoms with Crippen molar-refractivity contribution in [3.63, 3.8) is 0 Å². The molecule has 0 N–H and O–H groups in total. The number of imide groups is 1. The lowest BCUT2D eigenvalue weighted by molar-refractivity contribution is -0.385. The van der Waals surface area contributed by atoms with Crippen LogP contribution in [0.15, 0.2) is 53.1 Å². The summed E-state index contributed by atoms with van der Waals surface area (Å²) in [5.74, 6) is -0.488. The molecule has 0 fully saturated rings. The Morgan fingerprint density at radius 2 is 1.86 bits per heavy atom. The van der Waals surface area contributed by atoms with Crippen molar-refractivity contribution < 1.29 is 23.8 Å². The molecule has 0 unspecified atom stereocenters.